The Morgan fingerprint density at radius 1 is 1.21 bits per heavy atom. The van der Waals surface area contributed by atoms with Crippen LogP contribution in [0.1, 0.15) is 65.7 Å². The molecule has 2 aliphatic carbocycles. The van der Waals surface area contributed by atoms with Gasteiger partial charge < -0.3 is 16.0 Å². The van der Waals surface area contributed by atoms with Crippen molar-refractivity contribution in [2.75, 3.05) is 19.6 Å². The van der Waals surface area contributed by atoms with E-state index in [1.807, 2.05) is 0 Å². The van der Waals surface area contributed by atoms with Crippen LogP contribution in [0.15, 0.2) is 4.99 Å². The summed E-state index contributed by atoms with van der Waals surface area (Å²) in [6.07, 6.45) is 8.79. The lowest BCUT2D eigenvalue weighted by molar-refractivity contribution is -0.119. The van der Waals surface area contributed by atoms with Crippen molar-refractivity contribution in [3.63, 3.8) is 0 Å². The van der Waals surface area contributed by atoms with Crippen LogP contribution in [0.4, 0.5) is 0 Å². The lowest BCUT2D eigenvalue weighted by atomic mass is 9.78. The molecule has 2 saturated carbocycles. The van der Waals surface area contributed by atoms with Gasteiger partial charge in [-0.1, -0.05) is 26.7 Å². The molecule has 1 amide bonds. The molecule has 0 bridgehead atoms. The maximum absolute atomic E-state index is 11.8. The molecule has 2 aliphatic rings. The zero-order valence-corrected chi connectivity index (χ0v) is 17.8. The summed E-state index contributed by atoms with van der Waals surface area (Å²) in [5, 5.41) is 9.73. The Hall–Kier alpha value is -0.530. The van der Waals surface area contributed by atoms with E-state index >= 15 is 0 Å². The van der Waals surface area contributed by atoms with Crippen molar-refractivity contribution in [3.05, 3.63) is 0 Å². The first kappa shape index (κ1) is 21.5. The molecule has 0 aromatic heterocycles. The monoisotopic (exact) mass is 450 g/mol. The van der Waals surface area contributed by atoms with Crippen LogP contribution in [0.3, 0.4) is 0 Å². The normalized spacial score (nSPS) is 19.8. The third-order valence-electron chi connectivity index (χ3n) is 4.80. The van der Waals surface area contributed by atoms with Crippen molar-refractivity contribution in [1.82, 2.24) is 16.0 Å². The Morgan fingerprint density at radius 2 is 1.88 bits per heavy atom. The molecule has 0 aromatic carbocycles. The highest BCUT2D eigenvalue weighted by Gasteiger charge is 2.34. The van der Waals surface area contributed by atoms with E-state index in [0.29, 0.717) is 11.5 Å². The first-order valence-corrected chi connectivity index (χ1v) is 9.34. The van der Waals surface area contributed by atoms with E-state index in [-0.39, 0.29) is 36.4 Å². The zero-order valence-electron chi connectivity index (χ0n) is 15.5. The fourth-order valence-corrected chi connectivity index (χ4v) is 3.71. The van der Waals surface area contributed by atoms with Gasteiger partial charge in [0.05, 0.1) is 0 Å². The minimum atomic E-state index is 0. The highest BCUT2D eigenvalue weighted by Crippen LogP contribution is 2.42. The quantitative estimate of drug-likeness (QED) is 0.303. The molecule has 2 rings (SSSR count). The summed E-state index contributed by atoms with van der Waals surface area (Å²) >= 11 is 0. The second-order valence-corrected chi connectivity index (χ2v) is 7.70. The number of hydrogen-bond acceptors (Lipinski definition) is 2. The molecule has 0 saturated heterocycles. The van der Waals surface area contributed by atoms with Crippen molar-refractivity contribution < 1.29 is 4.79 Å². The van der Waals surface area contributed by atoms with Gasteiger partial charge in [-0.2, -0.15) is 0 Å². The lowest BCUT2D eigenvalue weighted by Gasteiger charge is -2.31. The number of carbonyl (C=O) groups is 1. The number of amides is 1. The zero-order chi connectivity index (χ0) is 16.7. The van der Waals surface area contributed by atoms with Crippen LogP contribution >= 0.6 is 24.0 Å². The summed E-state index contributed by atoms with van der Waals surface area (Å²) < 4.78 is 0. The van der Waals surface area contributed by atoms with Crippen LogP contribution in [-0.2, 0) is 4.79 Å². The van der Waals surface area contributed by atoms with Gasteiger partial charge in [0.2, 0.25) is 5.91 Å². The molecule has 6 heteroatoms. The Balaban J connectivity index is 0.00000288. The van der Waals surface area contributed by atoms with E-state index in [1.165, 1.54) is 32.1 Å². The molecule has 0 aromatic rings. The van der Waals surface area contributed by atoms with E-state index in [2.05, 4.69) is 41.7 Å². The predicted octanol–water partition coefficient (Wildman–Crippen LogP) is 3.04. The van der Waals surface area contributed by atoms with Crippen LogP contribution in [0, 0.1) is 11.3 Å². The van der Waals surface area contributed by atoms with E-state index in [0.717, 1.165) is 37.8 Å². The van der Waals surface area contributed by atoms with Crippen LogP contribution < -0.4 is 16.0 Å². The van der Waals surface area contributed by atoms with Crippen molar-refractivity contribution in [1.29, 1.82) is 0 Å². The molecule has 5 nitrogen and oxygen atoms in total. The molecule has 0 aliphatic heterocycles. The number of nitrogens with one attached hydrogen (secondary N) is 3. The third kappa shape index (κ3) is 7.57. The summed E-state index contributed by atoms with van der Waals surface area (Å²) in [6.45, 7) is 8.65. The number of hydrogen-bond donors (Lipinski definition) is 3. The van der Waals surface area contributed by atoms with Gasteiger partial charge in [-0.25, -0.2) is 4.99 Å². The predicted molar refractivity (Wildman–Crippen MR) is 111 cm³/mol. The Bertz CT molecular complexity index is 415. The number of rotatable bonds is 8. The minimum Gasteiger partial charge on any atom is -0.357 e. The molecule has 2 fully saturated rings. The maximum Gasteiger partial charge on any atom is 0.242 e. The Kier molecular flexibility index (Phi) is 9.37. The van der Waals surface area contributed by atoms with E-state index < -0.39 is 0 Å². The fourth-order valence-electron chi connectivity index (χ4n) is 3.71. The molecule has 3 N–H and O–H groups in total. The molecule has 0 spiro atoms. The van der Waals surface area contributed by atoms with Gasteiger partial charge in [-0.3, -0.25) is 4.79 Å². The molecule has 0 radical (unpaired) electrons. The van der Waals surface area contributed by atoms with Gasteiger partial charge in [0.25, 0.3) is 0 Å². The van der Waals surface area contributed by atoms with E-state index in [4.69, 9.17) is 0 Å². The van der Waals surface area contributed by atoms with Gasteiger partial charge in [-0.15, -0.1) is 24.0 Å². The largest absolute Gasteiger partial charge is 0.357 e. The average Bonchev–Trinajstić information content (AvgIpc) is 3.19. The maximum atomic E-state index is 11.8. The molecule has 0 heterocycles. The van der Waals surface area contributed by atoms with E-state index in [1.54, 1.807) is 0 Å². The first-order chi connectivity index (χ1) is 11.0. The van der Waals surface area contributed by atoms with E-state index in [9.17, 15) is 4.79 Å². The van der Waals surface area contributed by atoms with Crippen molar-refractivity contribution >= 4 is 35.8 Å². The molecule has 140 valence electrons. The first-order valence-electron chi connectivity index (χ1n) is 9.34. The molecule has 0 atom stereocenters. The average molecular weight is 450 g/mol. The molecular formula is C18H35IN4O. The summed E-state index contributed by atoms with van der Waals surface area (Å²) in [4.78, 5) is 16.2. The smallest absolute Gasteiger partial charge is 0.242 e. The lowest BCUT2D eigenvalue weighted by Crippen LogP contribution is -2.44. The highest BCUT2D eigenvalue weighted by molar-refractivity contribution is 14.0. The van der Waals surface area contributed by atoms with Crippen LogP contribution in [0.5, 0.6) is 0 Å². The standard InChI is InChI=1S/C18H34N4O.HI/c1-4-19-17(20-12-16(23)22-15-7-8-15)21-13-18(11-14(2)3)9-5-6-10-18;/h14-15H,4-13H2,1-3H3,(H,22,23)(H2,19,20,21);1H. The molecule has 24 heavy (non-hydrogen) atoms. The third-order valence-corrected chi connectivity index (χ3v) is 4.80. The van der Waals surface area contributed by atoms with Gasteiger partial charge in [0.1, 0.15) is 6.54 Å². The molecule has 0 unspecified atom stereocenters. The minimum absolute atomic E-state index is 0. The second-order valence-electron chi connectivity index (χ2n) is 7.70. The number of nitrogens with zero attached hydrogens (tertiary/aromatic N) is 1. The van der Waals surface area contributed by atoms with Crippen LogP contribution in [0.25, 0.3) is 0 Å². The van der Waals surface area contributed by atoms with Crippen molar-refractivity contribution in [3.8, 4) is 0 Å². The van der Waals surface area contributed by atoms with Gasteiger partial charge in [0.15, 0.2) is 5.96 Å². The summed E-state index contributed by atoms with van der Waals surface area (Å²) in [6, 6.07) is 0.404. The Morgan fingerprint density at radius 3 is 2.42 bits per heavy atom. The summed E-state index contributed by atoms with van der Waals surface area (Å²) in [7, 11) is 0. The molecular weight excluding hydrogens is 415 g/mol. The Labute approximate surface area is 164 Å². The van der Waals surface area contributed by atoms with Gasteiger partial charge in [-0.05, 0) is 50.4 Å². The number of aliphatic imine (C=N–C) groups is 1. The summed E-state index contributed by atoms with van der Waals surface area (Å²) in [5.74, 6) is 1.52. The topological polar surface area (TPSA) is 65.5 Å². The SMILES string of the molecule is CCNC(=NCC(=O)NC1CC1)NCC1(CC(C)C)CCCC1.I. The van der Waals surface area contributed by atoms with Crippen molar-refractivity contribution in [2.24, 2.45) is 16.3 Å². The van der Waals surface area contributed by atoms with Gasteiger partial charge >= 0.3 is 0 Å². The van der Waals surface area contributed by atoms with Crippen LogP contribution in [-0.4, -0.2) is 37.5 Å². The van der Waals surface area contributed by atoms with Crippen molar-refractivity contribution in [2.45, 2.75) is 71.8 Å². The van der Waals surface area contributed by atoms with Crippen LogP contribution in [0.2, 0.25) is 0 Å². The second kappa shape index (κ2) is 10.5. The summed E-state index contributed by atoms with van der Waals surface area (Å²) in [5.41, 5.74) is 0.403. The number of carbonyl (C=O) groups excluding carboxylic acids is 1. The van der Waals surface area contributed by atoms with Gasteiger partial charge in [0, 0.05) is 19.1 Å². The highest BCUT2D eigenvalue weighted by atomic mass is 127. The number of halogens is 1. The fraction of sp³-hybridized carbons (Fsp3) is 0.889. The number of guanidine groups is 1.